The van der Waals surface area contributed by atoms with E-state index in [2.05, 4.69) is 0 Å². The summed E-state index contributed by atoms with van der Waals surface area (Å²) in [6, 6.07) is 1.13. The number of hydrogen-bond donors (Lipinski definition) is 0. The van der Waals surface area contributed by atoms with Crippen molar-refractivity contribution < 1.29 is 26.3 Å². The maximum absolute atomic E-state index is 12.4. The van der Waals surface area contributed by atoms with E-state index in [1.165, 1.54) is 0 Å². The van der Waals surface area contributed by atoms with Gasteiger partial charge < -0.3 is 0 Å². The third kappa shape index (κ3) is 4.24. The van der Waals surface area contributed by atoms with Crippen LogP contribution in [0, 0.1) is 6.42 Å². The largest absolute Gasteiger partial charge is 0.416 e. The van der Waals surface area contributed by atoms with Crippen molar-refractivity contribution in [1.82, 2.24) is 0 Å². The first-order valence-corrected chi connectivity index (χ1v) is 5.30. The molecule has 0 N–H and O–H groups in total. The van der Waals surface area contributed by atoms with Crippen LogP contribution >= 0.6 is 23.2 Å². The van der Waals surface area contributed by atoms with Gasteiger partial charge in [0.1, 0.15) is 4.84 Å². The van der Waals surface area contributed by atoms with Crippen LogP contribution in [-0.4, -0.2) is 4.84 Å². The highest BCUT2D eigenvalue weighted by atomic mass is 35.5. The molecule has 0 saturated heterocycles. The number of halogens is 8. The molecule has 0 nitrogen and oxygen atoms in total. The second-order valence-electron chi connectivity index (χ2n) is 3.34. The van der Waals surface area contributed by atoms with Gasteiger partial charge in [-0.05, 0) is 23.8 Å². The fourth-order valence-corrected chi connectivity index (χ4v) is 1.51. The summed E-state index contributed by atoms with van der Waals surface area (Å²) in [6.07, 6.45) is -8.87. The van der Waals surface area contributed by atoms with Crippen LogP contribution < -0.4 is 0 Å². The Morgan fingerprint density at radius 3 is 1.50 bits per heavy atom. The lowest BCUT2D eigenvalue weighted by molar-refractivity contribution is -0.143. The number of alkyl halides is 8. The number of hydrogen-bond acceptors (Lipinski definition) is 0. The Morgan fingerprint density at radius 1 is 0.833 bits per heavy atom. The topological polar surface area (TPSA) is 0 Å². The molecular weight excluding hydrogens is 305 g/mol. The van der Waals surface area contributed by atoms with Crippen molar-refractivity contribution in [2.45, 2.75) is 17.2 Å². The van der Waals surface area contributed by atoms with E-state index in [0.717, 1.165) is 6.42 Å². The molecule has 101 valence electrons. The Balaban J connectivity index is 3.29. The Kier molecular flexibility index (Phi) is 4.43. The van der Waals surface area contributed by atoms with Crippen LogP contribution in [-0.2, 0) is 12.4 Å². The highest BCUT2D eigenvalue weighted by Gasteiger charge is 2.36. The molecule has 8 heteroatoms. The first kappa shape index (κ1) is 15.4. The molecule has 0 aromatic heterocycles. The zero-order valence-electron chi connectivity index (χ0n) is 8.41. The van der Waals surface area contributed by atoms with Crippen LogP contribution in [0.4, 0.5) is 26.3 Å². The van der Waals surface area contributed by atoms with Gasteiger partial charge >= 0.3 is 12.4 Å². The summed E-state index contributed by atoms with van der Waals surface area (Å²) in [5.41, 5.74) is -3.15. The molecule has 0 saturated carbocycles. The fraction of sp³-hybridized carbons (Fsp3) is 0.300. The molecule has 18 heavy (non-hydrogen) atoms. The summed E-state index contributed by atoms with van der Waals surface area (Å²) >= 11 is 10.6. The Hall–Kier alpha value is -0.620. The van der Waals surface area contributed by atoms with Crippen molar-refractivity contribution in [1.29, 1.82) is 0 Å². The Morgan fingerprint density at radius 2 is 1.22 bits per heavy atom. The van der Waals surface area contributed by atoms with Crippen LogP contribution in [0.2, 0.25) is 0 Å². The SMILES string of the molecule is FC(F)(F)c1cc([CH]C(Cl)Cl)cc(C(F)(F)F)c1. The van der Waals surface area contributed by atoms with Gasteiger partial charge in [-0.3, -0.25) is 0 Å². The predicted molar refractivity (Wildman–Crippen MR) is 55.3 cm³/mol. The highest BCUT2D eigenvalue weighted by molar-refractivity contribution is 6.45. The van der Waals surface area contributed by atoms with Crippen molar-refractivity contribution in [3.8, 4) is 0 Å². The van der Waals surface area contributed by atoms with Gasteiger partial charge in [-0.1, -0.05) is 0 Å². The molecule has 1 aromatic rings. The minimum atomic E-state index is -4.88. The van der Waals surface area contributed by atoms with Crippen LogP contribution in [0.3, 0.4) is 0 Å². The molecule has 0 spiro atoms. The van der Waals surface area contributed by atoms with Gasteiger partial charge in [0.15, 0.2) is 0 Å². The van der Waals surface area contributed by atoms with E-state index in [9.17, 15) is 26.3 Å². The first-order valence-electron chi connectivity index (χ1n) is 4.42. The van der Waals surface area contributed by atoms with Crippen molar-refractivity contribution in [3.05, 3.63) is 41.3 Å². The smallest absolute Gasteiger partial charge is 0.166 e. The average molecular weight is 310 g/mol. The summed E-state index contributed by atoms with van der Waals surface area (Å²) < 4.78 is 74.6. The maximum atomic E-state index is 12.4. The minimum Gasteiger partial charge on any atom is -0.166 e. The standard InChI is InChI=1S/C10H5Cl2F6/c11-8(12)3-5-1-6(9(13,14)15)4-7(2-5)10(16,17)18/h1-4,8H. The normalized spacial score (nSPS) is 13.2. The molecule has 0 aliphatic heterocycles. The third-order valence-corrected chi connectivity index (χ3v) is 2.18. The monoisotopic (exact) mass is 309 g/mol. The minimum absolute atomic E-state index is 0.0365. The molecule has 0 atom stereocenters. The van der Waals surface area contributed by atoms with E-state index in [1.54, 1.807) is 0 Å². The van der Waals surface area contributed by atoms with E-state index < -0.39 is 28.3 Å². The number of benzene rings is 1. The van der Waals surface area contributed by atoms with Gasteiger partial charge in [-0.2, -0.15) is 26.3 Å². The summed E-state index contributed by atoms with van der Waals surface area (Å²) in [5, 5.41) is 0. The molecule has 0 heterocycles. The maximum Gasteiger partial charge on any atom is 0.416 e. The molecule has 0 amide bonds. The van der Waals surface area contributed by atoms with Crippen molar-refractivity contribution in [2.24, 2.45) is 0 Å². The molecule has 1 radical (unpaired) electrons. The zero-order valence-corrected chi connectivity index (χ0v) is 9.92. The van der Waals surface area contributed by atoms with Crippen molar-refractivity contribution in [2.75, 3.05) is 0 Å². The molecule has 0 aliphatic rings. The summed E-state index contributed by atoms with van der Waals surface area (Å²) in [7, 11) is 0. The molecular formula is C10H5Cl2F6. The van der Waals surface area contributed by atoms with Crippen LogP contribution in [0.15, 0.2) is 18.2 Å². The van der Waals surface area contributed by atoms with Gasteiger partial charge in [-0.25, -0.2) is 0 Å². The van der Waals surface area contributed by atoms with Crippen molar-refractivity contribution >= 4 is 23.2 Å². The lowest BCUT2D eigenvalue weighted by Crippen LogP contribution is -2.12. The number of rotatable bonds is 2. The van der Waals surface area contributed by atoms with E-state index in [0.29, 0.717) is 12.1 Å². The van der Waals surface area contributed by atoms with Gasteiger partial charge in [0.05, 0.1) is 11.1 Å². The second-order valence-corrected chi connectivity index (χ2v) is 4.50. The van der Waals surface area contributed by atoms with Crippen LogP contribution in [0.25, 0.3) is 0 Å². The summed E-state index contributed by atoms with van der Waals surface area (Å²) in [5.74, 6) is 0. The first-order chi connectivity index (χ1) is 8.00. The van der Waals surface area contributed by atoms with E-state index in [4.69, 9.17) is 23.2 Å². The highest BCUT2D eigenvalue weighted by Crippen LogP contribution is 2.37. The van der Waals surface area contributed by atoms with Gasteiger partial charge in [-0.15, -0.1) is 23.2 Å². The second kappa shape index (κ2) is 5.17. The Bertz CT molecular complexity index is 389. The van der Waals surface area contributed by atoms with E-state index >= 15 is 0 Å². The van der Waals surface area contributed by atoms with E-state index in [-0.39, 0.29) is 11.6 Å². The predicted octanol–water partition coefficient (Wildman–Crippen LogP) is 5.08. The van der Waals surface area contributed by atoms with Gasteiger partial charge in [0, 0.05) is 6.42 Å². The molecule has 0 fully saturated rings. The van der Waals surface area contributed by atoms with Crippen LogP contribution in [0.5, 0.6) is 0 Å². The molecule has 0 unspecified atom stereocenters. The summed E-state index contributed by atoms with van der Waals surface area (Å²) in [6.45, 7) is 0. The van der Waals surface area contributed by atoms with Crippen LogP contribution in [0.1, 0.15) is 16.7 Å². The lowest BCUT2D eigenvalue weighted by atomic mass is 10.0. The molecule has 1 rings (SSSR count). The van der Waals surface area contributed by atoms with Gasteiger partial charge in [0.2, 0.25) is 0 Å². The van der Waals surface area contributed by atoms with E-state index in [1.807, 2.05) is 0 Å². The third-order valence-electron chi connectivity index (χ3n) is 1.93. The molecule has 1 aromatic carbocycles. The van der Waals surface area contributed by atoms with Crippen molar-refractivity contribution in [3.63, 3.8) is 0 Å². The average Bonchev–Trinajstić information content (AvgIpc) is 2.13. The molecule has 0 bridgehead atoms. The van der Waals surface area contributed by atoms with Gasteiger partial charge in [0.25, 0.3) is 0 Å². The molecule has 0 aliphatic carbocycles. The quantitative estimate of drug-likeness (QED) is 0.528. The lowest BCUT2D eigenvalue weighted by Gasteiger charge is -2.14. The zero-order chi connectivity index (χ0) is 14.1. The summed E-state index contributed by atoms with van der Waals surface area (Å²) in [4.78, 5) is -1.20. The Labute approximate surface area is 108 Å². The fourth-order valence-electron chi connectivity index (χ4n) is 1.22.